The van der Waals surface area contributed by atoms with Crippen LogP contribution in [0.15, 0.2) is 48.8 Å². The topological polar surface area (TPSA) is 141 Å². The van der Waals surface area contributed by atoms with Gasteiger partial charge in [-0.3, -0.25) is 0 Å². The minimum atomic E-state index is -1.79. The van der Waals surface area contributed by atoms with Crippen LogP contribution in [0, 0.1) is 17.5 Å². The van der Waals surface area contributed by atoms with Crippen molar-refractivity contribution in [3.63, 3.8) is 0 Å². The van der Waals surface area contributed by atoms with Crippen molar-refractivity contribution in [1.29, 1.82) is 0 Å². The molecule has 0 saturated carbocycles. The average molecular weight is 579 g/mol. The second kappa shape index (κ2) is 10.2. The number of hydrogen-bond acceptors (Lipinski definition) is 9. The molecule has 2 aliphatic rings. The summed E-state index contributed by atoms with van der Waals surface area (Å²) in [7, 11) is 0. The Morgan fingerprint density at radius 1 is 0.975 bits per heavy atom. The Hall–Kier alpha value is -3.40. The van der Waals surface area contributed by atoms with Crippen LogP contribution in [0.3, 0.4) is 0 Å². The van der Waals surface area contributed by atoms with Crippen LogP contribution in [0.2, 0.25) is 5.02 Å². The van der Waals surface area contributed by atoms with Crippen molar-refractivity contribution in [3.05, 3.63) is 71.3 Å². The van der Waals surface area contributed by atoms with Gasteiger partial charge in [0.1, 0.15) is 41.8 Å². The lowest BCUT2D eigenvalue weighted by atomic mass is 9.86. The molecule has 2 aromatic heterocycles. The number of aromatic nitrogens is 6. The molecule has 1 spiro atoms. The largest absolute Gasteiger partial charge is 0.394 e. The van der Waals surface area contributed by atoms with E-state index in [1.807, 2.05) is 6.07 Å². The van der Waals surface area contributed by atoms with Crippen LogP contribution in [0.4, 0.5) is 13.2 Å². The van der Waals surface area contributed by atoms with E-state index in [4.69, 9.17) is 21.1 Å². The maximum atomic E-state index is 13.8. The number of aliphatic hydroxyl groups is 3. The maximum absolute atomic E-state index is 13.8. The average Bonchev–Trinajstić information content (AvgIpc) is 3.70. The Morgan fingerprint density at radius 2 is 1.65 bits per heavy atom. The van der Waals surface area contributed by atoms with Crippen LogP contribution in [0.1, 0.15) is 18.5 Å². The molecule has 0 bridgehead atoms. The van der Waals surface area contributed by atoms with E-state index in [0.717, 1.165) is 16.8 Å². The molecular formula is C25H22ClF3N6O5. The molecule has 0 radical (unpaired) electrons. The summed E-state index contributed by atoms with van der Waals surface area (Å²) in [6.45, 7) is -0.491. The van der Waals surface area contributed by atoms with E-state index in [1.165, 1.54) is 10.9 Å². The van der Waals surface area contributed by atoms with Gasteiger partial charge in [0.15, 0.2) is 17.5 Å². The van der Waals surface area contributed by atoms with Gasteiger partial charge in [-0.2, -0.15) is 0 Å². The van der Waals surface area contributed by atoms with Gasteiger partial charge in [0.05, 0.1) is 25.6 Å². The SMILES string of the molecule is OC[C@H]1O[C@]2(OCC[C@H]2n2cc(-c3cccc(Cl)c3)nn2)[C@H](O)[C@@H](n2cc(-c3cc(F)c(F)c(F)c3)nn2)[C@H]1O. The number of nitrogens with zero attached hydrogens (tertiary/aromatic N) is 6. The summed E-state index contributed by atoms with van der Waals surface area (Å²) in [6, 6.07) is 6.50. The van der Waals surface area contributed by atoms with Crippen molar-refractivity contribution in [3.8, 4) is 22.5 Å². The molecule has 6 rings (SSSR count). The van der Waals surface area contributed by atoms with Crippen molar-refractivity contribution >= 4 is 11.6 Å². The fraction of sp³-hybridized carbons (Fsp3) is 0.360. The molecule has 2 aromatic carbocycles. The van der Waals surface area contributed by atoms with Crippen LogP contribution in [-0.2, 0) is 9.47 Å². The molecule has 2 fully saturated rings. The summed E-state index contributed by atoms with van der Waals surface area (Å²) in [5, 5.41) is 49.4. The zero-order chi connectivity index (χ0) is 28.2. The minimum Gasteiger partial charge on any atom is -0.394 e. The number of rotatable bonds is 5. The van der Waals surface area contributed by atoms with Gasteiger partial charge in [0, 0.05) is 16.1 Å². The highest BCUT2D eigenvalue weighted by Gasteiger charge is 2.62. The predicted octanol–water partition coefficient (Wildman–Crippen LogP) is 2.29. The first-order valence-corrected chi connectivity index (χ1v) is 12.6. The van der Waals surface area contributed by atoms with E-state index in [0.29, 0.717) is 22.7 Å². The zero-order valence-electron chi connectivity index (χ0n) is 20.5. The molecular weight excluding hydrogens is 557 g/mol. The molecule has 40 heavy (non-hydrogen) atoms. The van der Waals surface area contributed by atoms with Crippen LogP contribution in [-0.4, -0.2) is 82.6 Å². The molecule has 2 aliphatic heterocycles. The Morgan fingerprint density at radius 3 is 2.35 bits per heavy atom. The second-order valence-corrected chi connectivity index (χ2v) is 10.0. The van der Waals surface area contributed by atoms with Crippen LogP contribution >= 0.6 is 11.6 Å². The summed E-state index contributed by atoms with van der Waals surface area (Å²) in [5.74, 6) is -6.25. The van der Waals surface area contributed by atoms with E-state index in [-0.39, 0.29) is 17.9 Å². The van der Waals surface area contributed by atoms with Crippen LogP contribution in [0.5, 0.6) is 0 Å². The Balaban J connectivity index is 1.36. The molecule has 0 unspecified atom stereocenters. The van der Waals surface area contributed by atoms with E-state index >= 15 is 0 Å². The highest BCUT2D eigenvalue weighted by atomic mass is 35.5. The second-order valence-electron chi connectivity index (χ2n) is 9.57. The summed E-state index contributed by atoms with van der Waals surface area (Å²) in [5.41, 5.74) is 1.05. The standard InChI is InChI=1S/C25H22ClF3N6O5/c26-14-3-1-2-12(6-14)17-9-34(32-30-17)20-4-5-39-25(20)24(38)22(23(37)19(11-36)40-25)35-10-18(31-33-35)13-7-15(27)21(29)16(28)8-13/h1-3,6-10,19-20,22-24,36-38H,4-5,11H2/t19-,20-,22+,23+,24-,25+/m1/s1. The fourth-order valence-electron chi connectivity index (χ4n) is 5.27. The van der Waals surface area contributed by atoms with Crippen LogP contribution < -0.4 is 0 Å². The number of aliphatic hydroxyl groups excluding tert-OH is 3. The Labute approximate surface area is 229 Å². The Bertz CT molecular complexity index is 1530. The third-order valence-corrected chi connectivity index (χ3v) is 7.45. The summed E-state index contributed by atoms with van der Waals surface area (Å²) in [6.07, 6.45) is -1.10. The first-order valence-electron chi connectivity index (χ1n) is 12.2. The molecule has 2 saturated heterocycles. The zero-order valence-corrected chi connectivity index (χ0v) is 21.2. The maximum Gasteiger partial charge on any atom is 0.220 e. The number of ether oxygens (including phenoxy) is 2. The number of hydrogen-bond donors (Lipinski definition) is 3. The molecule has 4 aromatic rings. The molecule has 210 valence electrons. The van der Waals surface area contributed by atoms with E-state index in [1.54, 1.807) is 24.4 Å². The number of benzene rings is 2. The fourth-order valence-corrected chi connectivity index (χ4v) is 5.46. The normalized spacial score (nSPS) is 28.4. The van der Waals surface area contributed by atoms with Gasteiger partial charge in [0.2, 0.25) is 5.79 Å². The minimum absolute atomic E-state index is 0.0513. The molecule has 11 nitrogen and oxygen atoms in total. The monoisotopic (exact) mass is 578 g/mol. The van der Waals surface area contributed by atoms with E-state index in [9.17, 15) is 28.5 Å². The van der Waals surface area contributed by atoms with Gasteiger partial charge in [-0.25, -0.2) is 22.5 Å². The van der Waals surface area contributed by atoms with Gasteiger partial charge >= 0.3 is 0 Å². The van der Waals surface area contributed by atoms with Crippen molar-refractivity contribution in [2.24, 2.45) is 0 Å². The van der Waals surface area contributed by atoms with Crippen LogP contribution in [0.25, 0.3) is 22.5 Å². The van der Waals surface area contributed by atoms with Gasteiger partial charge < -0.3 is 24.8 Å². The third kappa shape index (κ3) is 4.36. The molecule has 15 heteroatoms. The van der Waals surface area contributed by atoms with Crippen molar-refractivity contribution < 1.29 is 38.0 Å². The van der Waals surface area contributed by atoms with Gasteiger partial charge in [-0.05, 0) is 30.7 Å². The lowest BCUT2D eigenvalue weighted by Gasteiger charge is -2.49. The molecule has 0 amide bonds. The first-order chi connectivity index (χ1) is 19.2. The highest BCUT2D eigenvalue weighted by molar-refractivity contribution is 6.30. The quantitative estimate of drug-likeness (QED) is 0.304. The first kappa shape index (κ1) is 26.8. The van der Waals surface area contributed by atoms with Gasteiger partial charge in [-0.15, -0.1) is 10.2 Å². The lowest BCUT2D eigenvalue weighted by molar-refractivity contribution is -0.350. The summed E-state index contributed by atoms with van der Waals surface area (Å²) in [4.78, 5) is 0. The van der Waals surface area contributed by atoms with Crippen molar-refractivity contribution in [1.82, 2.24) is 30.0 Å². The summed E-state index contributed by atoms with van der Waals surface area (Å²) >= 11 is 6.10. The summed E-state index contributed by atoms with van der Waals surface area (Å²) < 4.78 is 55.6. The predicted molar refractivity (Wildman–Crippen MR) is 131 cm³/mol. The molecule has 0 aliphatic carbocycles. The van der Waals surface area contributed by atoms with Crippen molar-refractivity contribution in [2.75, 3.05) is 13.2 Å². The third-order valence-electron chi connectivity index (χ3n) is 7.21. The van der Waals surface area contributed by atoms with Crippen molar-refractivity contribution in [2.45, 2.75) is 42.6 Å². The van der Waals surface area contributed by atoms with E-state index < -0.39 is 60.2 Å². The van der Waals surface area contributed by atoms with E-state index in [2.05, 4.69) is 20.6 Å². The molecule has 6 atom stereocenters. The van der Waals surface area contributed by atoms with Gasteiger partial charge in [-0.1, -0.05) is 34.2 Å². The smallest absolute Gasteiger partial charge is 0.220 e. The van der Waals surface area contributed by atoms with Gasteiger partial charge in [0.25, 0.3) is 0 Å². The molecule has 3 N–H and O–H groups in total. The molecule has 4 heterocycles. The Kier molecular flexibility index (Phi) is 6.84. The lowest BCUT2D eigenvalue weighted by Crippen LogP contribution is -2.65. The highest BCUT2D eigenvalue weighted by Crippen LogP contribution is 2.48. The number of halogens is 4.